The van der Waals surface area contributed by atoms with E-state index < -0.39 is 44.1 Å². The average molecular weight is 322 g/mol. The summed E-state index contributed by atoms with van der Waals surface area (Å²) in [7, 11) is -4.75. The van der Waals surface area contributed by atoms with E-state index in [-0.39, 0.29) is 12.0 Å². The number of nitrogens with zero attached hydrogens (tertiary/aromatic N) is 1. The minimum Gasteiger partial charge on any atom is -0.394 e. The maximum atomic E-state index is 11.7. The maximum absolute atomic E-state index is 11.7. The molecule has 1 aromatic rings. The predicted octanol–water partition coefficient (Wildman–Crippen LogP) is -1.40. The first-order valence-electron chi connectivity index (χ1n) is 6.03. The van der Waals surface area contributed by atoms with Crippen molar-refractivity contribution < 1.29 is 28.7 Å². The van der Waals surface area contributed by atoms with Gasteiger partial charge in [-0.25, -0.2) is 9.36 Å². The number of hydrogen-bond donors (Lipinski definition) is 4. The summed E-state index contributed by atoms with van der Waals surface area (Å²) < 4.78 is 21.9. The van der Waals surface area contributed by atoms with Gasteiger partial charge < -0.3 is 19.6 Å². The van der Waals surface area contributed by atoms with Crippen molar-refractivity contribution in [1.82, 2.24) is 9.55 Å². The van der Waals surface area contributed by atoms with Crippen molar-refractivity contribution in [3.63, 3.8) is 0 Å². The molecule has 21 heavy (non-hydrogen) atoms. The van der Waals surface area contributed by atoms with Gasteiger partial charge in [-0.2, -0.15) is 0 Å². The Hall–Kier alpha value is -1.29. The van der Waals surface area contributed by atoms with E-state index >= 15 is 0 Å². The van der Waals surface area contributed by atoms with Gasteiger partial charge in [0, 0.05) is 18.2 Å². The van der Waals surface area contributed by atoms with Gasteiger partial charge in [-0.1, -0.05) is 0 Å². The van der Waals surface area contributed by atoms with Crippen molar-refractivity contribution in [3.05, 3.63) is 32.6 Å². The third-order valence-corrected chi connectivity index (χ3v) is 3.63. The summed E-state index contributed by atoms with van der Waals surface area (Å²) >= 11 is 0. The fraction of sp³-hybridized carbons (Fsp3) is 0.600. The molecule has 2 heterocycles. The van der Waals surface area contributed by atoms with E-state index in [9.17, 15) is 14.2 Å². The largest absolute Gasteiger partial charge is 0.469 e. The van der Waals surface area contributed by atoms with Crippen LogP contribution in [-0.4, -0.2) is 43.3 Å². The maximum Gasteiger partial charge on any atom is 0.469 e. The van der Waals surface area contributed by atoms with Gasteiger partial charge in [-0.3, -0.25) is 18.9 Å². The van der Waals surface area contributed by atoms with Crippen LogP contribution in [0.5, 0.6) is 0 Å². The van der Waals surface area contributed by atoms with E-state index in [0.29, 0.717) is 0 Å². The van der Waals surface area contributed by atoms with Gasteiger partial charge in [0.05, 0.1) is 6.61 Å². The molecule has 118 valence electrons. The Morgan fingerprint density at radius 3 is 2.76 bits per heavy atom. The normalized spacial score (nSPS) is 26.2. The van der Waals surface area contributed by atoms with Crippen molar-refractivity contribution in [2.75, 3.05) is 6.61 Å². The van der Waals surface area contributed by atoms with Crippen LogP contribution >= 0.6 is 7.82 Å². The number of hydrogen-bond acceptors (Lipinski definition) is 6. The van der Waals surface area contributed by atoms with Crippen LogP contribution in [0.2, 0.25) is 0 Å². The summed E-state index contributed by atoms with van der Waals surface area (Å²) in [6.07, 6.45) is -1.73. The van der Waals surface area contributed by atoms with Crippen LogP contribution in [0.3, 0.4) is 0 Å². The lowest BCUT2D eigenvalue weighted by Gasteiger charge is -2.16. The first-order valence-corrected chi connectivity index (χ1v) is 7.56. The minimum absolute atomic E-state index is 0.0538. The van der Waals surface area contributed by atoms with Crippen molar-refractivity contribution in [1.29, 1.82) is 0 Å². The number of nitrogens with one attached hydrogen (secondary N) is 1. The number of rotatable bonds is 4. The van der Waals surface area contributed by atoms with E-state index in [1.54, 1.807) is 0 Å². The Morgan fingerprint density at radius 1 is 1.52 bits per heavy atom. The van der Waals surface area contributed by atoms with E-state index in [2.05, 4.69) is 9.51 Å². The number of phosphoric ester groups is 1. The SMILES string of the molecule is Cc1cn(C2CC(OP(=O)(O)O)C(CO)O2)c(=O)[nH]c1=O. The second kappa shape index (κ2) is 5.84. The molecule has 0 saturated carbocycles. The van der Waals surface area contributed by atoms with Crippen LogP contribution in [0.1, 0.15) is 18.2 Å². The Balaban J connectivity index is 2.27. The minimum atomic E-state index is -4.75. The van der Waals surface area contributed by atoms with Gasteiger partial charge in [0.15, 0.2) is 0 Å². The lowest BCUT2D eigenvalue weighted by atomic mass is 10.2. The highest BCUT2D eigenvalue weighted by atomic mass is 31.2. The number of aliphatic hydroxyl groups excluding tert-OH is 1. The van der Waals surface area contributed by atoms with Gasteiger partial charge in [-0.05, 0) is 6.92 Å². The van der Waals surface area contributed by atoms with Gasteiger partial charge in [0.25, 0.3) is 5.56 Å². The summed E-state index contributed by atoms with van der Waals surface area (Å²) in [6, 6.07) is 0. The molecular weight excluding hydrogens is 307 g/mol. The molecule has 0 bridgehead atoms. The molecule has 0 spiro atoms. The second-order valence-corrected chi connectivity index (χ2v) is 5.85. The Morgan fingerprint density at radius 2 is 2.19 bits per heavy atom. The molecule has 1 aromatic heterocycles. The van der Waals surface area contributed by atoms with Crippen LogP contribution in [0.15, 0.2) is 15.8 Å². The lowest BCUT2D eigenvalue weighted by molar-refractivity contribution is -0.0453. The molecule has 1 saturated heterocycles. The molecule has 2 rings (SSSR count). The topological polar surface area (TPSA) is 151 Å². The van der Waals surface area contributed by atoms with E-state index in [1.807, 2.05) is 0 Å². The van der Waals surface area contributed by atoms with E-state index in [4.69, 9.17) is 19.6 Å². The second-order valence-electron chi connectivity index (χ2n) is 4.66. The molecule has 11 heteroatoms. The molecule has 0 radical (unpaired) electrons. The van der Waals surface area contributed by atoms with Crippen LogP contribution in [-0.2, 0) is 13.8 Å². The summed E-state index contributed by atoms with van der Waals surface area (Å²) in [5.74, 6) is 0. The molecule has 10 nitrogen and oxygen atoms in total. The van der Waals surface area contributed by atoms with Crippen molar-refractivity contribution in [3.8, 4) is 0 Å². The van der Waals surface area contributed by atoms with Crippen LogP contribution in [0.25, 0.3) is 0 Å². The highest BCUT2D eigenvalue weighted by Crippen LogP contribution is 2.43. The van der Waals surface area contributed by atoms with Gasteiger partial charge >= 0.3 is 13.5 Å². The van der Waals surface area contributed by atoms with Crippen molar-refractivity contribution >= 4 is 7.82 Å². The molecular formula is C10H15N2O8P. The first kappa shape index (κ1) is 16.1. The van der Waals surface area contributed by atoms with Crippen molar-refractivity contribution in [2.45, 2.75) is 31.8 Å². The molecule has 1 fully saturated rings. The predicted molar refractivity (Wildman–Crippen MR) is 68.6 cm³/mol. The number of aryl methyl sites for hydroxylation is 1. The van der Waals surface area contributed by atoms with Crippen LogP contribution < -0.4 is 11.2 Å². The fourth-order valence-corrected chi connectivity index (χ4v) is 2.70. The molecule has 0 amide bonds. The van der Waals surface area contributed by atoms with Gasteiger partial charge in [0.1, 0.15) is 18.4 Å². The summed E-state index contributed by atoms with van der Waals surface area (Å²) in [4.78, 5) is 42.8. The van der Waals surface area contributed by atoms with Crippen LogP contribution in [0.4, 0.5) is 0 Å². The van der Waals surface area contributed by atoms with E-state index in [1.165, 1.54) is 13.1 Å². The van der Waals surface area contributed by atoms with Crippen LogP contribution in [0, 0.1) is 6.92 Å². The fourth-order valence-electron chi connectivity index (χ4n) is 2.12. The van der Waals surface area contributed by atoms with Crippen molar-refractivity contribution in [2.24, 2.45) is 0 Å². The number of ether oxygens (including phenoxy) is 1. The van der Waals surface area contributed by atoms with Gasteiger partial charge in [-0.15, -0.1) is 0 Å². The molecule has 3 unspecified atom stereocenters. The molecule has 0 aromatic carbocycles. The molecule has 1 aliphatic rings. The zero-order chi connectivity index (χ0) is 15.8. The van der Waals surface area contributed by atoms with Gasteiger partial charge in [0.2, 0.25) is 0 Å². The zero-order valence-corrected chi connectivity index (χ0v) is 11.9. The number of aromatic nitrogens is 2. The highest BCUT2D eigenvalue weighted by molar-refractivity contribution is 7.46. The number of aromatic amines is 1. The monoisotopic (exact) mass is 322 g/mol. The standard InChI is InChI=1S/C10H15N2O8P/c1-5-3-12(10(15)11-9(5)14)8-2-6(7(4-13)19-8)20-21(16,17)18/h3,6-8,13H,2,4H2,1H3,(H,11,14,15)(H2,16,17,18). The average Bonchev–Trinajstić information content (AvgIpc) is 2.74. The number of H-pyrrole nitrogens is 1. The summed E-state index contributed by atoms with van der Waals surface area (Å²) in [5, 5.41) is 9.16. The summed E-state index contributed by atoms with van der Waals surface area (Å²) in [6.45, 7) is 0.967. The number of aliphatic hydroxyl groups is 1. The zero-order valence-electron chi connectivity index (χ0n) is 11.0. The Kier molecular flexibility index (Phi) is 4.47. The Bertz CT molecular complexity index is 676. The smallest absolute Gasteiger partial charge is 0.394 e. The van der Waals surface area contributed by atoms with E-state index in [0.717, 1.165) is 4.57 Å². The summed E-state index contributed by atoms with van der Waals surface area (Å²) in [5.41, 5.74) is -0.974. The molecule has 4 N–H and O–H groups in total. The third-order valence-electron chi connectivity index (χ3n) is 3.09. The molecule has 3 atom stereocenters. The highest BCUT2D eigenvalue weighted by Gasteiger charge is 2.40. The first-order chi connectivity index (χ1) is 9.71. The quantitative estimate of drug-likeness (QED) is 0.494. The molecule has 0 aliphatic carbocycles. The lowest BCUT2D eigenvalue weighted by Crippen LogP contribution is -2.33. The third kappa shape index (κ3) is 3.67. The molecule has 1 aliphatic heterocycles. The number of phosphoric acid groups is 1. The Labute approximate surface area is 118 Å².